The molecule has 20 heteroatoms. The Morgan fingerprint density at radius 2 is 0.902 bits per heavy atom. The number of primary amides is 1. The normalized spacial score (nSPS) is 12.1. The van der Waals surface area contributed by atoms with Crippen LogP contribution in [0.15, 0.2) is 91.1 Å². The number of carbonyl (C=O) groups excluding carboxylic acids is 9. The van der Waals surface area contributed by atoms with Crippen molar-refractivity contribution >= 4 is 64.1 Å². The molecule has 3 aromatic carbocycles. The average molecular weight is 840 g/mol. The Morgan fingerprint density at radius 3 is 1.43 bits per heavy atom. The number of hydrogen-bond acceptors (Lipinski definition) is 10. The highest BCUT2D eigenvalue weighted by Gasteiger charge is 2.24. The number of nitrogens with one attached hydrogen (secondary N) is 9. The zero-order chi connectivity index (χ0) is 44.1. The van der Waals surface area contributed by atoms with E-state index in [4.69, 9.17) is 11.5 Å². The summed E-state index contributed by atoms with van der Waals surface area (Å²) < 4.78 is 0. The fourth-order valence-corrected chi connectivity index (χ4v) is 5.81. The predicted molar refractivity (Wildman–Crippen MR) is 221 cm³/mol. The van der Waals surface area contributed by atoms with Crippen LogP contribution in [-0.2, 0) is 62.4 Å². The molecule has 0 bridgehead atoms. The summed E-state index contributed by atoms with van der Waals surface area (Å²) >= 11 is 0. The molecule has 61 heavy (non-hydrogen) atoms. The van der Waals surface area contributed by atoms with Crippen LogP contribution in [0.3, 0.4) is 0 Å². The van der Waals surface area contributed by atoms with Crippen LogP contribution in [0, 0.1) is 0 Å². The quantitative estimate of drug-likeness (QED) is 0.0353. The van der Waals surface area contributed by atoms with E-state index in [2.05, 4.69) is 47.5 Å². The van der Waals surface area contributed by atoms with E-state index in [0.29, 0.717) is 5.56 Å². The highest BCUT2D eigenvalue weighted by molar-refractivity contribution is 5.95. The molecule has 0 fully saturated rings. The van der Waals surface area contributed by atoms with Crippen LogP contribution in [0.25, 0.3) is 10.9 Å². The highest BCUT2D eigenvalue weighted by Crippen LogP contribution is 2.19. The molecule has 4 rings (SSSR count). The minimum atomic E-state index is -1.22. The topological polar surface area (TPSA) is 318 Å². The molecule has 20 nitrogen and oxygen atoms in total. The van der Waals surface area contributed by atoms with Crippen molar-refractivity contribution in [1.29, 1.82) is 0 Å². The van der Waals surface area contributed by atoms with Gasteiger partial charge in [0.2, 0.25) is 53.2 Å². The lowest BCUT2D eigenvalue weighted by Gasteiger charge is -2.19. The molecule has 3 atom stereocenters. The SMILES string of the molecule is NC(=O)[C@H](Cc1ccccc1)NC(=O)CNC(=O)CNC(=O)CNC(=O)[C@H](Cc1c[nH]c2ccccc12)NC(=O)CNC(=O)CNC(=O)CNC(=O)[C@@H](N)Cc1ccccc1. The zero-order valence-electron chi connectivity index (χ0n) is 33.1. The third kappa shape index (κ3) is 16.3. The third-order valence-electron chi connectivity index (χ3n) is 8.98. The molecule has 0 aliphatic heterocycles. The standard InChI is InChI=1S/C41H49N11O9/c42-29(15-25-9-3-1-4-10-25)40(60)49-21-35(55)45-19-34(54)48-24-38(58)52-32(17-27-18-44-30-14-8-7-13-28(27)30)41(61)50-22-36(56)46-20-33(53)47-23-37(57)51-31(39(43)59)16-26-11-5-2-6-12-26/h1-14,18,29,31-32,44H,15-17,19-24,42H2,(H2,43,59)(H,45,55)(H,46,56)(H,47,53)(H,48,54)(H,49,60)(H,50,61)(H,51,57)(H,52,58)/t29-,31-,32-/m0/s1. The van der Waals surface area contributed by atoms with E-state index in [1.807, 2.05) is 48.5 Å². The molecular weight excluding hydrogens is 791 g/mol. The maximum Gasteiger partial charge on any atom is 0.243 e. The van der Waals surface area contributed by atoms with Crippen molar-refractivity contribution in [2.45, 2.75) is 37.4 Å². The molecule has 1 aromatic heterocycles. The van der Waals surface area contributed by atoms with Gasteiger partial charge in [0.25, 0.3) is 0 Å². The minimum Gasteiger partial charge on any atom is -0.368 e. The fourth-order valence-electron chi connectivity index (χ4n) is 5.81. The van der Waals surface area contributed by atoms with E-state index in [0.717, 1.165) is 22.0 Å². The number of para-hydroxylation sites is 1. The summed E-state index contributed by atoms with van der Waals surface area (Å²) in [6.07, 6.45) is 2.07. The summed E-state index contributed by atoms with van der Waals surface area (Å²) in [5.41, 5.74) is 14.4. The van der Waals surface area contributed by atoms with Crippen LogP contribution in [0.4, 0.5) is 0 Å². The Bertz CT molecular complexity index is 2180. The molecule has 13 N–H and O–H groups in total. The van der Waals surface area contributed by atoms with E-state index in [9.17, 15) is 43.2 Å². The number of aromatic nitrogens is 1. The molecule has 0 aliphatic rings. The number of aromatic amines is 1. The van der Waals surface area contributed by atoms with Crippen molar-refractivity contribution in [1.82, 2.24) is 47.5 Å². The van der Waals surface area contributed by atoms with Gasteiger partial charge < -0.3 is 59.0 Å². The van der Waals surface area contributed by atoms with Crippen LogP contribution in [0.1, 0.15) is 16.7 Å². The number of amides is 9. The number of carbonyl (C=O) groups is 9. The van der Waals surface area contributed by atoms with Gasteiger partial charge in [-0.1, -0.05) is 78.9 Å². The van der Waals surface area contributed by atoms with E-state index in [-0.39, 0.29) is 19.3 Å². The van der Waals surface area contributed by atoms with Crippen molar-refractivity contribution in [2.75, 3.05) is 39.3 Å². The molecule has 1 heterocycles. The first-order chi connectivity index (χ1) is 29.3. The first kappa shape index (κ1) is 46.1. The molecule has 0 unspecified atom stereocenters. The molecular formula is C41H49N11O9. The van der Waals surface area contributed by atoms with Crippen molar-refractivity contribution in [3.05, 3.63) is 108 Å². The van der Waals surface area contributed by atoms with Crippen LogP contribution >= 0.6 is 0 Å². The first-order valence-electron chi connectivity index (χ1n) is 19.2. The van der Waals surface area contributed by atoms with E-state index >= 15 is 0 Å². The van der Waals surface area contributed by atoms with Gasteiger partial charge in [-0.15, -0.1) is 0 Å². The van der Waals surface area contributed by atoms with Gasteiger partial charge in [-0.3, -0.25) is 43.2 Å². The van der Waals surface area contributed by atoms with Gasteiger partial charge >= 0.3 is 0 Å². The monoisotopic (exact) mass is 839 g/mol. The molecule has 4 aromatic rings. The highest BCUT2D eigenvalue weighted by atomic mass is 16.2. The predicted octanol–water partition coefficient (Wildman–Crippen LogP) is -3.32. The van der Waals surface area contributed by atoms with Crippen molar-refractivity contribution in [3.8, 4) is 0 Å². The van der Waals surface area contributed by atoms with Gasteiger partial charge in [-0.25, -0.2) is 0 Å². The molecule has 322 valence electrons. The minimum absolute atomic E-state index is 0.0135. The second kappa shape index (κ2) is 23.7. The summed E-state index contributed by atoms with van der Waals surface area (Å²) in [4.78, 5) is 115. The van der Waals surface area contributed by atoms with Crippen LogP contribution in [0.5, 0.6) is 0 Å². The molecule has 0 radical (unpaired) electrons. The summed E-state index contributed by atoms with van der Waals surface area (Å²) in [6.45, 7) is -3.14. The molecule has 0 spiro atoms. The van der Waals surface area contributed by atoms with Crippen LogP contribution < -0.4 is 54.0 Å². The molecule has 0 saturated heterocycles. The van der Waals surface area contributed by atoms with E-state index in [1.54, 1.807) is 42.6 Å². The Labute approximate surface area is 350 Å². The lowest BCUT2D eigenvalue weighted by molar-refractivity contribution is -0.131. The Balaban J connectivity index is 1.19. The van der Waals surface area contributed by atoms with Gasteiger partial charge in [-0.2, -0.15) is 0 Å². The Hall–Kier alpha value is -7.61. The molecule has 0 saturated carbocycles. The average Bonchev–Trinajstić information content (AvgIpc) is 3.67. The maximum atomic E-state index is 13.3. The van der Waals surface area contributed by atoms with Gasteiger partial charge in [0, 0.05) is 29.9 Å². The van der Waals surface area contributed by atoms with E-state index < -0.39 is 111 Å². The molecule has 0 aliphatic carbocycles. The summed E-state index contributed by atoms with van der Waals surface area (Å²) in [5, 5.41) is 19.9. The number of H-pyrrole nitrogens is 1. The molecule has 9 amide bonds. The van der Waals surface area contributed by atoms with Crippen molar-refractivity contribution < 1.29 is 43.2 Å². The number of nitrogens with two attached hydrogens (primary N) is 2. The summed E-state index contributed by atoms with van der Waals surface area (Å²) in [7, 11) is 0. The first-order valence-corrected chi connectivity index (χ1v) is 19.2. The van der Waals surface area contributed by atoms with E-state index in [1.165, 1.54) is 0 Å². The number of fused-ring (bicyclic) bond motifs is 1. The second-order valence-corrected chi connectivity index (χ2v) is 13.7. The van der Waals surface area contributed by atoms with Gasteiger partial charge in [-0.05, 0) is 29.2 Å². The van der Waals surface area contributed by atoms with Crippen LogP contribution in [-0.4, -0.2) is 116 Å². The van der Waals surface area contributed by atoms with Gasteiger partial charge in [0.1, 0.15) is 12.1 Å². The number of hydrogen-bond donors (Lipinski definition) is 11. The number of rotatable bonds is 23. The third-order valence-corrected chi connectivity index (χ3v) is 8.98. The smallest absolute Gasteiger partial charge is 0.243 e. The Kier molecular flexibility index (Phi) is 17.9. The summed E-state index contributed by atoms with van der Waals surface area (Å²) in [5.74, 6) is -6.38. The summed E-state index contributed by atoms with van der Waals surface area (Å²) in [6, 6.07) is 22.1. The van der Waals surface area contributed by atoms with Crippen molar-refractivity contribution in [3.63, 3.8) is 0 Å². The zero-order valence-corrected chi connectivity index (χ0v) is 33.1. The lowest BCUT2D eigenvalue weighted by Crippen LogP contribution is -2.53. The van der Waals surface area contributed by atoms with Crippen molar-refractivity contribution in [2.24, 2.45) is 11.5 Å². The maximum absolute atomic E-state index is 13.3. The van der Waals surface area contributed by atoms with Gasteiger partial charge in [0.15, 0.2) is 0 Å². The van der Waals surface area contributed by atoms with Gasteiger partial charge in [0.05, 0.1) is 45.3 Å². The van der Waals surface area contributed by atoms with Crippen LogP contribution in [0.2, 0.25) is 0 Å². The largest absolute Gasteiger partial charge is 0.368 e. The number of benzene rings is 3. The fraction of sp³-hybridized carbons (Fsp3) is 0.293. The second-order valence-electron chi connectivity index (χ2n) is 13.7. The lowest BCUT2D eigenvalue weighted by atomic mass is 10.0. The Morgan fingerprint density at radius 1 is 0.475 bits per heavy atom.